The number of nitrogens with zero attached hydrogens (tertiary/aromatic N) is 6. The highest BCUT2D eigenvalue weighted by molar-refractivity contribution is 5.54. The summed E-state index contributed by atoms with van der Waals surface area (Å²) in [7, 11) is 0. The first-order valence-corrected chi connectivity index (χ1v) is 6.64. The fourth-order valence-corrected chi connectivity index (χ4v) is 2.58. The van der Waals surface area contributed by atoms with E-state index in [0.717, 1.165) is 25.9 Å². The maximum absolute atomic E-state index is 10.8. The van der Waals surface area contributed by atoms with E-state index in [4.69, 9.17) is 5.73 Å². The van der Waals surface area contributed by atoms with Gasteiger partial charge in [0.2, 0.25) is 11.8 Å². The van der Waals surface area contributed by atoms with Crippen LogP contribution < -0.4 is 10.6 Å². The Balaban J connectivity index is 1.81. The molecular weight excluding hydrogens is 274 g/mol. The third-order valence-electron chi connectivity index (χ3n) is 3.60. The van der Waals surface area contributed by atoms with Crippen LogP contribution in [0.25, 0.3) is 0 Å². The van der Waals surface area contributed by atoms with Crippen LogP contribution in [0.1, 0.15) is 12.8 Å². The van der Waals surface area contributed by atoms with Crippen molar-refractivity contribution in [2.75, 3.05) is 17.2 Å². The van der Waals surface area contributed by atoms with Gasteiger partial charge in [0, 0.05) is 31.5 Å². The molecule has 9 heteroatoms. The second-order valence-electron chi connectivity index (χ2n) is 4.95. The number of nitrogens with two attached hydrogens (primary N) is 1. The molecule has 0 aromatic carbocycles. The summed E-state index contributed by atoms with van der Waals surface area (Å²) in [5, 5.41) is 10.8. The molecule has 2 aromatic heterocycles. The van der Waals surface area contributed by atoms with Crippen LogP contribution in [0.2, 0.25) is 0 Å². The third kappa shape index (κ3) is 2.62. The van der Waals surface area contributed by atoms with Gasteiger partial charge in [-0.3, -0.25) is 10.1 Å². The second kappa shape index (κ2) is 5.35. The van der Waals surface area contributed by atoms with Gasteiger partial charge in [-0.2, -0.15) is 4.98 Å². The molecule has 2 N–H and O–H groups in total. The van der Waals surface area contributed by atoms with Gasteiger partial charge in [-0.15, -0.1) is 0 Å². The fourth-order valence-electron chi connectivity index (χ4n) is 2.58. The van der Waals surface area contributed by atoms with E-state index in [1.807, 2.05) is 15.7 Å². The monoisotopic (exact) mass is 289 g/mol. The molecule has 0 radical (unpaired) electrons. The Bertz CT molecular complexity index is 643. The molecule has 1 atom stereocenters. The lowest BCUT2D eigenvalue weighted by Gasteiger charge is -2.24. The minimum absolute atomic E-state index is 0.0988. The molecule has 1 unspecified atom stereocenters. The van der Waals surface area contributed by atoms with Gasteiger partial charge in [0.05, 0.1) is 11.3 Å². The van der Waals surface area contributed by atoms with Crippen molar-refractivity contribution in [1.29, 1.82) is 0 Å². The van der Waals surface area contributed by atoms with E-state index in [2.05, 4.69) is 15.0 Å². The second-order valence-corrected chi connectivity index (χ2v) is 4.95. The highest BCUT2D eigenvalue weighted by Crippen LogP contribution is 2.26. The van der Waals surface area contributed by atoms with E-state index in [1.165, 1.54) is 6.20 Å². The highest BCUT2D eigenvalue weighted by atomic mass is 16.6. The zero-order valence-corrected chi connectivity index (χ0v) is 11.3. The van der Waals surface area contributed by atoms with E-state index in [1.54, 1.807) is 12.5 Å². The molecule has 1 aliphatic heterocycles. The number of nitro groups is 1. The van der Waals surface area contributed by atoms with Crippen molar-refractivity contribution in [3.05, 3.63) is 35.0 Å². The van der Waals surface area contributed by atoms with Crippen LogP contribution in [0.4, 0.5) is 17.5 Å². The molecular formula is C12H15N7O2. The molecule has 0 aliphatic carbocycles. The maximum Gasteiger partial charge on any atom is 0.329 e. The van der Waals surface area contributed by atoms with Crippen LogP contribution in [0.3, 0.4) is 0 Å². The molecule has 0 spiro atoms. The molecule has 110 valence electrons. The molecule has 1 fully saturated rings. The van der Waals surface area contributed by atoms with Crippen LogP contribution in [-0.2, 0) is 6.54 Å². The Kier molecular flexibility index (Phi) is 3.38. The first kappa shape index (κ1) is 13.3. The fraction of sp³-hybridized carbons (Fsp3) is 0.417. The zero-order chi connectivity index (χ0) is 14.8. The SMILES string of the molecule is Nc1nc(N2CCCC2Cn2ccnc2)ncc1[N+](=O)[O-]. The van der Waals surface area contributed by atoms with Crippen molar-refractivity contribution < 1.29 is 4.92 Å². The summed E-state index contributed by atoms with van der Waals surface area (Å²) in [6.45, 7) is 1.59. The van der Waals surface area contributed by atoms with E-state index in [-0.39, 0.29) is 17.5 Å². The van der Waals surface area contributed by atoms with Gasteiger partial charge in [0.1, 0.15) is 6.20 Å². The first-order valence-electron chi connectivity index (χ1n) is 6.64. The van der Waals surface area contributed by atoms with Crippen LogP contribution in [-0.4, -0.2) is 37.0 Å². The van der Waals surface area contributed by atoms with E-state index < -0.39 is 4.92 Å². The minimum Gasteiger partial charge on any atom is -0.378 e. The molecule has 3 heterocycles. The number of hydrogen-bond acceptors (Lipinski definition) is 7. The minimum atomic E-state index is -0.577. The topological polar surface area (TPSA) is 116 Å². The van der Waals surface area contributed by atoms with Crippen molar-refractivity contribution in [2.45, 2.75) is 25.4 Å². The van der Waals surface area contributed by atoms with E-state index >= 15 is 0 Å². The van der Waals surface area contributed by atoms with Crippen molar-refractivity contribution in [3.63, 3.8) is 0 Å². The Morgan fingerprint density at radius 1 is 1.52 bits per heavy atom. The van der Waals surface area contributed by atoms with Gasteiger partial charge in [0.15, 0.2) is 0 Å². The number of aromatic nitrogens is 4. The summed E-state index contributed by atoms with van der Waals surface area (Å²) in [5.74, 6) is 0.346. The van der Waals surface area contributed by atoms with Gasteiger partial charge in [0.25, 0.3) is 0 Å². The molecule has 1 aliphatic rings. The lowest BCUT2D eigenvalue weighted by atomic mass is 10.2. The summed E-state index contributed by atoms with van der Waals surface area (Å²) in [6, 6.07) is 0.236. The average molecular weight is 289 g/mol. The first-order chi connectivity index (χ1) is 10.1. The number of nitrogen functional groups attached to an aromatic ring is 1. The lowest BCUT2D eigenvalue weighted by Crippen LogP contribution is -2.34. The largest absolute Gasteiger partial charge is 0.378 e. The van der Waals surface area contributed by atoms with Crippen molar-refractivity contribution in [2.24, 2.45) is 0 Å². The van der Waals surface area contributed by atoms with Crippen molar-refractivity contribution in [3.8, 4) is 0 Å². The lowest BCUT2D eigenvalue weighted by molar-refractivity contribution is -0.384. The Hall–Kier alpha value is -2.71. The molecule has 2 aromatic rings. The quantitative estimate of drug-likeness (QED) is 0.654. The van der Waals surface area contributed by atoms with Crippen LogP contribution in [0, 0.1) is 10.1 Å². The molecule has 0 bridgehead atoms. The van der Waals surface area contributed by atoms with Gasteiger partial charge in [-0.1, -0.05) is 0 Å². The summed E-state index contributed by atoms with van der Waals surface area (Å²) in [6.07, 6.45) is 8.62. The predicted molar refractivity (Wildman–Crippen MR) is 75.7 cm³/mol. The summed E-state index contributed by atoms with van der Waals surface area (Å²) in [5.41, 5.74) is 5.38. The Morgan fingerprint density at radius 3 is 3.05 bits per heavy atom. The molecule has 9 nitrogen and oxygen atoms in total. The number of hydrogen-bond donors (Lipinski definition) is 1. The molecule has 0 saturated carbocycles. The highest BCUT2D eigenvalue weighted by Gasteiger charge is 2.28. The summed E-state index contributed by atoms with van der Waals surface area (Å²) < 4.78 is 2.00. The smallest absolute Gasteiger partial charge is 0.329 e. The molecule has 3 rings (SSSR count). The number of imidazole rings is 1. The van der Waals surface area contributed by atoms with E-state index in [9.17, 15) is 10.1 Å². The standard InChI is InChI=1S/C12H15N7O2/c13-11-10(19(20)21)6-15-12(16-11)18-4-1-2-9(18)7-17-5-3-14-8-17/h3,5-6,8-9H,1-2,4,7H2,(H2,13,15,16). The van der Waals surface area contributed by atoms with Crippen molar-refractivity contribution >= 4 is 17.5 Å². The summed E-state index contributed by atoms with van der Waals surface area (Å²) in [4.78, 5) is 24.4. The number of rotatable bonds is 4. The van der Waals surface area contributed by atoms with Gasteiger partial charge < -0.3 is 15.2 Å². The van der Waals surface area contributed by atoms with Crippen LogP contribution >= 0.6 is 0 Å². The third-order valence-corrected chi connectivity index (χ3v) is 3.60. The van der Waals surface area contributed by atoms with Gasteiger partial charge in [-0.05, 0) is 12.8 Å². The van der Waals surface area contributed by atoms with Crippen LogP contribution in [0.15, 0.2) is 24.9 Å². The van der Waals surface area contributed by atoms with E-state index in [0.29, 0.717) is 5.95 Å². The number of anilines is 2. The average Bonchev–Trinajstić information content (AvgIpc) is 3.10. The zero-order valence-electron chi connectivity index (χ0n) is 11.3. The normalized spacial score (nSPS) is 18.1. The van der Waals surface area contributed by atoms with Gasteiger partial charge >= 0.3 is 5.69 Å². The maximum atomic E-state index is 10.8. The molecule has 21 heavy (non-hydrogen) atoms. The van der Waals surface area contributed by atoms with Gasteiger partial charge in [-0.25, -0.2) is 9.97 Å². The Morgan fingerprint density at radius 2 is 2.38 bits per heavy atom. The predicted octanol–water partition coefficient (Wildman–Crippen LogP) is 0.832. The molecule has 0 amide bonds. The van der Waals surface area contributed by atoms with Crippen LogP contribution in [0.5, 0.6) is 0 Å². The molecule has 1 saturated heterocycles. The van der Waals surface area contributed by atoms with Crippen molar-refractivity contribution in [1.82, 2.24) is 19.5 Å². The Labute approximate surface area is 120 Å². The summed E-state index contributed by atoms with van der Waals surface area (Å²) >= 11 is 0.